The third-order valence-electron chi connectivity index (χ3n) is 5.19. The van der Waals surface area contributed by atoms with Gasteiger partial charge in [-0.2, -0.15) is 5.10 Å². The second-order valence-electron chi connectivity index (χ2n) is 7.63. The van der Waals surface area contributed by atoms with Crippen LogP contribution in [-0.2, 0) is 11.3 Å². The number of hydrazone groups is 1. The molecule has 1 fully saturated rings. The average molecular weight is 395 g/mol. The first-order chi connectivity index (χ1) is 14.0. The van der Waals surface area contributed by atoms with Crippen molar-refractivity contribution in [3.63, 3.8) is 0 Å². The van der Waals surface area contributed by atoms with Gasteiger partial charge in [-0.15, -0.1) is 0 Å². The smallest absolute Gasteiger partial charge is 0.259 e. The van der Waals surface area contributed by atoms with E-state index in [-0.39, 0.29) is 12.5 Å². The summed E-state index contributed by atoms with van der Waals surface area (Å²) in [4.78, 5) is 14.4. The fraction of sp³-hybridized carbons (Fsp3) is 0.391. The number of rotatable bonds is 7. The number of carbonyl (C=O) groups excluding carboxylic acids is 1. The van der Waals surface area contributed by atoms with Gasteiger partial charge in [0.05, 0.1) is 12.3 Å². The number of nitrogens with one attached hydrogen (secondary N) is 2. The minimum atomic E-state index is -0.211. The normalized spacial score (nSPS) is 15.2. The van der Waals surface area contributed by atoms with Gasteiger partial charge in [-0.25, -0.2) is 5.43 Å². The van der Waals surface area contributed by atoms with Crippen LogP contribution in [0.1, 0.15) is 42.9 Å². The lowest BCUT2D eigenvalue weighted by Gasteiger charge is -2.26. The average Bonchev–Trinajstić information content (AvgIpc) is 2.74. The third kappa shape index (κ3) is 6.32. The zero-order chi connectivity index (χ0) is 20.6. The van der Waals surface area contributed by atoms with Gasteiger partial charge in [0.2, 0.25) is 0 Å². The van der Waals surface area contributed by atoms with Crippen molar-refractivity contribution in [3.05, 3.63) is 59.2 Å². The number of phenolic OH excluding ortho intramolecular Hbond substituents is 1. The van der Waals surface area contributed by atoms with Crippen LogP contribution in [0.5, 0.6) is 5.75 Å². The van der Waals surface area contributed by atoms with E-state index in [0.29, 0.717) is 11.5 Å². The van der Waals surface area contributed by atoms with Crippen molar-refractivity contribution >= 4 is 17.3 Å². The van der Waals surface area contributed by atoms with E-state index in [9.17, 15) is 9.90 Å². The number of nitrogens with zero attached hydrogens (tertiary/aromatic N) is 2. The van der Waals surface area contributed by atoms with Crippen LogP contribution >= 0.6 is 0 Å². The second-order valence-corrected chi connectivity index (χ2v) is 7.63. The Bertz CT molecular complexity index is 856. The maximum Gasteiger partial charge on any atom is 0.259 e. The Morgan fingerprint density at radius 3 is 2.55 bits per heavy atom. The molecule has 6 heteroatoms. The molecule has 2 aromatic carbocycles. The molecule has 1 heterocycles. The maximum absolute atomic E-state index is 12.1. The van der Waals surface area contributed by atoms with Gasteiger partial charge in [-0.1, -0.05) is 24.1 Å². The van der Waals surface area contributed by atoms with Crippen molar-refractivity contribution in [1.29, 1.82) is 0 Å². The highest BCUT2D eigenvalue weighted by Gasteiger charge is 2.13. The Labute approximate surface area is 172 Å². The van der Waals surface area contributed by atoms with E-state index in [2.05, 4.69) is 20.7 Å². The number of likely N-dealkylation sites (tertiary alicyclic amines) is 1. The highest BCUT2D eigenvalue weighted by molar-refractivity contribution is 5.99. The molecule has 2 aromatic rings. The van der Waals surface area contributed by atoms with Crippen LogP contribution in [0.3, 0.4) is 0 Å². The van der Waals surface area contributed by atoms with E-state index in [1.165, 1.54) is 24.8 Å². The first-order valence-electron chi connectivity index (χ1n) is 10.2. The number of aryl methyl sites for hydroxylation is 1. The molecular formula is C23H30N4O2. The van der Waals surface area contributed by atoms with Crippen LogP contribution < -0.4 is 10.7 Å². The van der Waals surface area contributed by atoms with Gasteiger partial charge in [-0.3, -0.25) is 9.69 Å². The molecule has 1 aliphatic heterocycles. The number of aromatic hydroxyl groups is 1. The number of carbonyl (C=O) groups is 1. The Kier molecular flexibility index (Phi) is 7.25. The van der Waals surface area contributed by atoms with E-state index < -0.39 is 0 Å². The van der Waals surface area contributed by atoms with Crippen LogP contribution in [-0.4, -0.2) is 41.3 Å². The summed E-state index contributed by atoms with van der Waals surface area (Å²) >= 11 is 0. The maximum atomic E-state index is 12.1. The van der Waals surface area contributed by atoms with E-state index in [0.717, 1.165) is 36.4 Å². The monoisotopic (exact) mass is 394 g/mol. The molecule has 29 heavy (non-hydrogen) atoms. The SMILES string of the molecule is C/C(=N\NC(=O)CNc1ccc(C)cc1)c1ccc(O)c(CN2CCCCC2)c1. The van der Waals surface area contributed by atoms with Gasteiger partial charge in [0, 0.05) is 17.8 Å². The molecule has 1 aliphatic rings. The minimum absolute atomic E-state index is 0.148. The largest absolute Gasteiger partial charge is 0.508 e. The second kappa shape index (κ2) is 10.1. The zero-order valence-electron chi connectivity index (χ0n) is 17.2. The van der Waals surface area contributed by atoms with E-state index >= 15 is 0 Å². The fourth-order valence-electron chi connectivity index (χ4n) is 3.40. The molecule has 6 nitrogen and oxygen atoms in total. The predicted octanol–water partition coefficient (Wildman–Crippen LogP) is 3.64. The molecule has 0 atom stereocenters. The van der Waals surface area contributed by atoms with Crippen LogP contribution in [0, 0.1) is 6.92 Å². The number of anilines is 1. The summed E-state index contributed by atoms with van der Waals surface area (Å²) in [5.41, 5.74) is 7.15. The molecule has 0 radical (unpaired) electrons. The number of piperidine rings is 1. The lowest BCUT2D eigenvalue weighted by atomic mass is 10.0. The highest BCUT2D eigenvalue weighted by Crippen LogP contribution is 2.22. The molecular weight excluding hydrogens is 364 g/mol. The first-order valence-corrected chi connectivity index (χ1v) is 10.2. The Morgan fingerprint density at radius 2 is 1.83 bits per heavy atom. The first kappa shape index (κ1) is 20.9. The quantitative estimate of drug-likeness (QED) is 0.495. The van der Waals surface area contributed by atoms with E-state index in [1.54, 1.807) is 6.07 Å². The molecule has 0 aromatic heterocycles. The Balaban J connectivity index is 1.56. The molecule has 154 valence electrons. The number of phenols is 1. The van der Waals surface area contributed by atoms with Crippen molar-refractivity contribution in [1.82, 2.24) is 10.3 Å². The van der Waals surface area contributed by atoms with Crippen molar-refractivity contribution in [2.45, 2.75) is 39.7 Å². The molecule has 3 N–H and O–H groups in total. The van der Waals surface area contributed by atoms with Gasteiger partial charge in [0.1, 0.15) is 5.75 Å². The number of benzene rings is 2. The Hall–Kier alpha value is -2.86. The highest BCUT2D eigenvalue weighted by atomic mass is 16.3. The summed E-state index contributed by atoms with van der Waals surface area (Å²) in [6.45, 7) is 6.90. The molecule has 0 aliphatic carbocycles. The zero-order valence-corrected chi connectivity index (χ0v) is 17.2. The number of amides is 1. The number of hydrogen-bond acceptors (Lipinski definition) is 5. The molecule has 0 spiro atoms. The summed E-state index contributed by atoms with van der Waals surface area (Å²) in [7, 11) is 0. The predicted molar refractivity (Wildman–Crippen MR) is 117 cm³/mol. The number of hydrogen-bond donors (Lipinski definition) is 3. The topological polar surface area (TPSA) is 77.0 Å². The molecule has 0 bridgehead atoms. The lowest BCUT2D eigenvalue weighted by Crippen LogP contribution is -2.29. The van der Waals surface area contributed by atoms with Crippen molar-refractivity contribution in [2.75, 3.05) is 25.0 Å². The van der Waals surface area contributed by atoms with Gasteiger partial charge in [0.25, 0.3) is 5.91 Å². The molecule has 1 saturated heterocycles. The van der Waals surface area contributed by atoms with Crippen molar-refractivity contribution in [2.24, 2.45) is 5.10 Å². The van der Waals surface area contributed by atoms with Crippen LogP contribution in [0.4, 0.5) is 5.69 Å². The van der Waals surface area contributed by atoms with E-state index in [4.69, 9.17) is 0 Å². The summed E-state index contributed by atoms with van der Waals surface area (Å²) in [6.07, 6.45) is 3.71. The minimum Gasteiger partial charge on any atom is -0.508 e. The van der Waals surface area contributed by atoms with Crippen molar-refractivity contribution in [3.8, 4) is 5.75 Å². The van der Waals surface area contributed by atoms with E-state index in [1.807, 2.05) is 50.2 Å². The molecule has 0 saturated carbocycles. The lowest BCUT2D eigenvalue weighted by molar-refractivity contribution is -0.119. The fourth-order valence-corrected chi connectivity index (χ4v) is 3.40. The van der Waals surface area contributed by atoms with Crippen LogP contribution in [0.25, 0.3) is 0 Å². The van der Waals surface area contributed by atoms with Gasteiger partial charge < -0.3 is 10.4 Å². The summed E-state index contributed by atoms with van der Waals surface area (Å²) in [5, 5.41) is 17.5. The molecule has 1 amide bonds. The Morgan fingerprint density at radius 1 is 1.10 bits per heavy atom. The van der Waals surface area contributed by atoms with Crippen molar-refractivity contribution < 1.29 is 9.90 Å². The van der Waals surface area contributed by atoms with Crippen LogP contribution in [0.2, 0.25) is 0 Å². The summed E-state index contributed by atoms with van der Waals surface area (Å²) in [6, 6.07) is 13.4. The molecule has 3 rings (SSSR count). The van der Waals surface area contributed by atoms with Gasteiger partial charge in [0.15, 0.2) is 0 Å². The summed E-state index contributed by atoms with van der Waals surface area (Å²) < 4.78 is 0. The third-order valence-corrected chi connectivity index (χ3v) is 5.19. The van der Waals surface area contributed by atoms with Gasteiger partial charge >= 0.3 is 0 Å². The van der Waals surface area contributed by atoms with Gasteiger partial charge in [-0.05, 0) is 75.7 Å². The summed E-state index contributed by atoms with van der Waals surface area (Å²) in [5.74, 6) is 0.0932. The standard InChI is InChI=1S/C23H30N4O2/c1-17-6-9-21(10-7-17)24-15-23(29)26-25-18(2)19-8-11-22(28)20(14-19)16-27-12-4-3-5-13-27/h6-11,14,24,28H,3-5,12-13,15-16H2,1-2H3,(H,26,29)/b25-18+. The molecule has 0 unspecified atom stereocenters. The van der Waals surface area contributed by atoms with Crippen LogP contribution in [0.15, 0.2) is 47.6 Å².